The second kappa shape index (κ2) is 7.56. The van der Waals surface area contributed by atoms with Gasteiger partial charge in [-0.15, -0.1) is 0 Å². The minimum absolute atomic E-state index is 0.0543. The number of halogens is 3. The van der Waals surface area contributed by atoms with Crippen LogP contribution in [-0.4, -0.2) is 15.9 Å². The monoisotopic (exact) mass is 435 g/mol. The van der Waals surface area contributed by atoms with Crippen molar-refractivity contribution in [3.8, 4) is 0 Å². The van der Waals surface area contributed by atoms with Gasteiger partial charge in [0.05, 0.1) is 17.5 Å². The number of hydrogen-bond acceptors (Lipinski definition) is 3. The van der Waals surface area contributed by atoms with E-state index in [0.29, 0.717) is 15.5 Å². The number of rotatable bonds is 4. The van der Waals surface area contributed by atoms with Crippen LogP contribution in [-0.2, 0) is 4.79 Å². The summed E-state index contributed by atoms with van der Waals surface area (Å²) < 4.78 is 27.6. The molecule has 0 unspecified atom stereocenters. The molecular formula is C19H16BrF2N3O2. The van der Waals surface area contributed by atoms with Crippen molar-refractivity contribution < 1.29 is 13.6 Å². The van der Waals surface area contributed by atoms with Gasteiger partial charge in [0.15, 0.2) is 0 Å². The number of aromatic nitrogens is 2. The van der Waals surface area contributed by atoms with E-state index in [1.54, 1.807) is 32.0 Å². The summed E-state index contributed by atoms with van der Waals surface area (Å²) >= 11 is 3.37. The van der Waals surface area contributed by atoms with Crippen LogP contribution in [0.15, 0.2) is 45.7 Å². The minimum atomic E-state index is -0.865. The van der Waals surface area contributed by atoms with Gasteiger partial charge in [0.2, 0.25) is 5.91 Å². The van der Waals surface area contributed by atoms with E-state index in [1.807, 2.05) is 0 Å². The number of carbonyl (C=O) groups is 1. The molecule has 27 heavy (non-hydrogen) atoms. The standard InChI is InChI=1S/C19H16BrF2N3O2/c1-9(16-19(27)24-15-5-3-4-13(20)17(15)25-16)18(26)23-10(2)12-7-6-11(21)8-14(12)22/h3-10H,1-2H3,(H,23,26)(H,24,27)/t9-,10+/m1/s1. The average molecular weight is 436 g/mol. The maximum atomic E-state index is 13.9. The van der Waals surface area contributed by atoms with Crippen LogP contribution < -0.4 is 10.9 Å². The van der Waals surface area contributed by atoms with Crippen LogP contribution >= 0.6 is 15.9 Å². The molecule has 0 saturated carbocycles. The molecule has 0 spiro atoms. The Morgan fingerprint density at radius 3 is 2.67 bits per heavy atom. The molecule has 2 N–H and O–H groups in total. The number of amides is 1. The van der Waals surface area contributed by atoms with Gasteiger partial charge in [0.1, 0.15) is 22.8 Å². The fourth-order valence-corrected chi connectivity index (χ4v) is 3.23. The van der Waals surface area contributed by atoms with Gasteiger partial charge >= 0.3 is 0 Å². The molecule has 0 aliphatic rings. The molecule has 5 nitrogen and oxygen atoms in total. The number of aromatic amines is 1. The van der Waals surface area contributed by atoms with Crippen molar-refractivity contribution in [2.24, 2.45) is 0 Å². The van der Waals surface area contributed by atoms with Crippen LogP contribution in [0.3, 0.4) is 0 Å². The highest BCUT2D eigenvalue weighted by Gasteiger charge is 2.23. The molecule has 0 aliphatic heterocycles. The predicted molar refractivity (Wildman–Crippen MR) is 101 cm³/mol. The average Bonchev–Trinajstić information content (AvgIpc) is 2.60. The van der Waals surface area contributed by atoms with Gasteiger partial charge in [-0.3, -0.25) is 9.59 Å². The van der Waals surface area contributed by atoms with Crippen LogP contribution in [0.4, 0.5) is 8.78 Å². The van der Waals surface area contributed by atoms with Crippen LogP contribution in [0.25, 0.3) is 11.0 Å². The molecule has 0 fully saturated rings. The van der Waals surface area contributed by atoms with Crippen molar-refractivity contribution in [2.75, 3.05) is 0 Å². The van der Waals surface area contributed by atoms with E-state index in [4.69, 9.17) is 0 Å². The number of H-pyrrole nitrogens is 1. The van der Waals surface area contributed by atoms with Crippen LogP contribution in [0.1, 0.15) is 37.1 Å². The van der Waals surface area contributed by atoms with Crippen LogP contribution in [0.5, 0.6) is 0 Å². The SMILES string of the molecule is C[C@H](NC(=O)[C@H](C)c1nc2c(Br)cccc2[nH]c1=O)c1ccc(F)cc1F. The summed E-state index contributed by atoms with van der Waals surface area (Å²) in [5.41, 5.74) is 0.819. The molecule has 8 heteroatoms. The Morgan fingerprint density at radius 2 is 1.96 bits per heavy atom. The zero-order valence-corrected chi connectivity index (χ0v) is 16.1. The molecule has 1 amide bonds. The van der Waals surface area contributed by atoms with E-state index in [9.17, 15) is 18.4 Å². The molecular weight excluding hydrogens is 420 g/mol. The number of para-hydroxylation sites is 1. The lowest BCUT2D eigenvalue weighted by Gasteiger charge is -2.18. The summed E-state index contributed by atoms with van der Waals surface area (Å²) in [5.74, 6) is -2.80. The maximum Gasteiger partial charge on any atom is 0.270 e. The van der Waals surface area contributed by atoms with E-state index in [0.717, 1.165) is 12.1 Å². The Hall–Kier alpha value is -2.61. The second-order valence-corrected chi connectivity index (χ2v) is 7.06. The zero-order valence-electron chi connectivity index (χ0n) is 14.5. The van der Waals surface area contributed by atoms with Gasteiger partial charge in [-0.2, -0.15) is 0 Å². The lowest BCUT2D eigenvalue weighted by molar-refractivity contribution is -0.122. The highest BCUT2D eigenvalue weighted by atomic mass is 79.9. The fourth-order valence-electron chi connectivity index (χ4n) is 2.77. The number of fused-ring (bicyclic) bond motifs is 1. The Balaban J connectivity index is 1.87. The summed E-state index contributed by atoms with van der Waals surface area (Å²) in [5, 5.41) is 2.64. The molecule has 2 atom stereocenters. The summed E-state index contributed by atoms with van der Waals surface area (Å²) in [6.07, 6.45) is 0. The van der Waals surface area contributed by atoms with Crippen LogP contribution in [0.2, 0.25) is 0 Å². The molecule has 0 bridgehead atoms. The summed E-state index contributed by atoms with van der Waals surface area (Å²) in [7, 11) is 0. The van der Waals surface area contributed by atoms with Gasteiger partial charge in [-0.05, 0) is 48.0 Å². The Labute approximate surface area is 162 Å². The van der Waals surface area contributed by atoms with Crippen molar-refractivity contribution in [2.45, 2.75) is 25.8 Å². The van der Waals surface area contributed by atoms with Gasteiger partial charge in [0.25, 0.3) is 5.56 Å². The predicted octanol–water partition coefficient (Wildman–Crippen LogP) is 3.94. The summed E-state index contributed by atoms with van der Waals surface area (Å²) in [6.45, 7) is 3.12. The Morgan fingerprint density at radius 1 is 1.22 bits per heavy atom. The topological polar surface area (TPSA) is 74.8 Å². The van der Waals surface area contributed by atoms with Crippen molar-refractivity contribution in [3.63, 3.8) is 0 Å². The summed E-state index contributed by atoms with van der Waals surface area (Å²) in [6, 6.07) is 7.71. The quantitative estimate of drug-likeness (QED) is 0.651. The molecule has 140 valence electrons. The Bertz CT molecular complexity index is 1080. The van der Waals surface area contributed by atoms with Gasteiger partial charge < -0.3 is 10.3 Å². The largest absolute Gasteiger partial charge is 0.349 e. The van der Waals surface area contributed by atoms with Gasteiger partial charge in [-0.25, -0.2) is 13.8 Å². The van der Waals surface area contributed by atoms with Crippen molar-refractivity contribution in [1.29, 1.82) is 0 Å². The van der Waals surface area contributed by atoms with E-state index in [2.05, 4.69) is 31.2 Å². The normalized spacial score (nSPS) is 13.4. The molecule has 0 radical (unpaired) electrons. The number of nitrogens with one attached hydrogen (secondary N) is 2. The molecule has 3 rings (SSSR count). The van der Waals surface area contributed by atoms with E-state index in [-0.39, 0.29) is 11.3 Å². The maximum absolute atomic E-state index is 13.9. The Kier molecular flexibility index (Phi) is 5.36. The van der Waals surface area contributed by atoms with Crippen molar-refractivity contribution in [3.05, 3.63) is 74.1 Å². The lowest BCUT2D eigenvalue weighted by atomic mass is 10.0. The summed E-state index contributed by atoms with van der Waals surface area (Å²) in [4.78, 5) is 31.9. The number of benzene rings is 2. The fraction of sp³-hybridized carbons (Fsp3) is 0.211. The lowest BCUT2D eigenvalue weighted by Crippen LogP contribution is -2.34. The first-order valence-corrected chi connectivity index (χ1v) is 9.01. The first kappa shape index (κ1) is 19.2. The van der Waals surface area contributed by atoms with Crippen molar-refractivity contribution in [1.82, 2.24) is 15.3 Å². The third-order valence-electron chi connectivity index (χ3n) is 4.29. The molecule has 0 aliphatic carbocycles. The van der Waals surface area contributed by atoms with Gasteiger partial charge in [0, 0.05) is 16.1 Å². The first-order valence-electron chi connectivity index (χ1n) is 8.21. The third kappa shape index (κ3) is 3.90. The smallest absolute Gasteiger partial charge is 0.270 e. The highest BCUT2D eigenvalue weighted by molar-refractivity contribution is 9.10. The second-order valence-electron chi connectivity index (χ2n) is 6.20. The van der Waals surface area contributed by atoms with E-state index < -0.39 is 35.1 Å². The molecule has 1 aromatic heterocycles. The molecule has 0 saturated heterocycles. The number of hydrogen-bond donors (Lipinski definition) is 2. The van der Waals surface area contributed by atoms with E-state index in [1.165, 1.54) is 6.07 Å². The van der Waals surface area contributed by atoms with Gasteiger partial charge in [-0.1, -0.05) is 12.1 Å². The minimum Gasteiger partial charge on any atom is -0.349 e. The number of nitrogens with zero attached hydrogens (tertiary/aromatic N) is 1. The zero-order chi connectivity index (χ0) is 19.7. The molecule has 3 aromatic rings. The number of carbonyl (C=O) groups excluding carboxylic acids is 1. The first-order chi connectivity index (χ1) is 12.8. The highest BCUT2D eigenvalue weighted by Crippen LogP contribution is 2.22. The van der Waals surface area contributed by atoms with Crippen LogP contribution in [0, 0.1) is 11.6 Å². The van der Waals surface area contributed by atoms with E-state index >= 15 is 0 Å². The molecule has 1 heterocycles. The third-order valence-corrected chi connectivity index (χ3v) is 4.93. The molecule has 2 aromatic carbocycles. The van der Waals surface area contributed by atoms with Crippen molar-refractivity contribution >= 4 is 32.9 Å².